The van der Waals surface area contributed by atoms with Crippen molar-refractivity contribution in [2.24, 2.45) is 0 Å². The Balaban J connectivity index is 1.51. The molecule has 3 atom stereocenters. The average Bonchev–Trinajstić information content (AvgIpc) is 2.86. The fourth-order valence-electron chi connectivity index (χ4n) is 5.09. The van der Waals surface area contributed by atoms with Gasteiger partial charge in [0.05, 0.1) is 12.7 Å². The molecule has 0 unspecified atom stereocenters. The number of aliphatic hydroxyl groups is 1. The molecule has 0 aromatic heterocycles. The maximum absolute atomic E-state index is 11.0. The molecule has 5 heteroatoms. The maximum Gasteiger partial charge on any atom is 0.261 e. The molecule has 1 aliphatic heterocycles. The number of hydrogen-bond acceptors (Lipinski definition) is 4. The molecule has 0 bridgehead atoms. The van der Waals surface area contributed by atoms with E-state index >= 15 is 0 Å². The minimum absolute atomic E-state index is 0.0607. The van der Waals surface area contributed by atoms with E-state index in [0.717, 1.165) is 12.0 Å². The van der Waals surface area contributed by atoms with Crippen LogP contribution in [0.4, 0.5) is 0 Å². The summed E-state index contributed by atoms with van der Waals surface area (Å²) in [6, 6.07) is 31.3. The summed E-state index contributed by atoms with van der Waals surface area (Å²) >= 11 is 0. The van der Waals surface area contributed by atoms with E-state index in [-0.39, 0.29) is 17.7 Å². The molecule has 1 saturated heterocycles. The molecular weight excluding hydrogens is 452 g/mol. The van der Waals surface area contributed by atoms with Crippen molar-refractivity contribution in [3.63, 3.8) is 0 Å². The van der Waals surface area contributed by atoms with Crippen molar-refractivity contribution < 1.29 is 19.0 Å². The van der Waals surface area contributed by atoms with Crippen LogP contribution in [-0.2, 0) is 13.9 Å². The van der Waals surface area contributed by atoms with Crippen LogP contribution in [0.2, 0.25) is 5.04 Å². The van der Waals surface area contributed by atoms with Crippen molar-refractivity contribution in [1.82, 2.24) is 0 Å². The van der Waals surface area contributed by atoms with Gasteiger partial charge in [0.15, 0.2) is 6.29 Å². The quantitative estimate of drug-likeness (QED) is 0.348. The van der Waals surface area contributed by atoms with Gasteiger partial charge >= 0.3 is 0 Å². The number of rotatable bonds is 8. The van der Waals surface area contributed by atoms with Gasteiger partial charge in [-0.15, -0.1) is 0 Å². The van der Waals surface area contributed by atoms with E-state index in [0.29, 0.717) is 13.0 Å². The van der Waals surface area contributed by atoms with Gasteiger partial charge in [0.2, 0.25) is 0 Å². The second kappa shape index (κ2) is 10.8. The lowest BCUT2D eigenvalue weighted by Gasteiger charge is -2.43. The van der Waals surface area contributed by atoms with E-state index in [1.807, 2.05) is 30.3 Å². The standard InChI is InChI=1S/C30H38O4Si/c1-29(2,3)35(25-17-10-6-11-18-25,26-19-12-7-13-20-26)33-22-14-21-27-30(4,31)23-32-28(34-27)24-15-8-5-9-16-24/h5-13,15-20,27-28,31H,14,21-23H2,1-4H3/t27-,28+,30+/m1/s1. The molecule has 3 aromatic rings. The highest BCUT2D eigenvalue weighted by Gasteiger charge is 2.50. The normalized spacial score (nSPS) is 23.2. The number of benzene rings is 3. The van der Waals surface area contributed by atoms with Crippen molar-refractivity contribution >= 4 is 18.7 Å². The van der Waals surface area contributed by atoms with Gasteiger partial charge in [0.1, 0.15) is 5.60 Å². The Morgan fingerprint density at radius 1 is 0.886 bits per heavy atom. The summed E-state index contributed by atoms with van der Waals surface area (Å²) in [7, 11) is -2.57. The second-order valence-electron chi connectivity index (χ2n) is 10.7. The SMILES string of the molecule is CC(C)(C)[Si](OCCC[C@H]1O[C@@H](c2ccccc2)OC[C@]1(C)O)(c1ccccc1)c1ccccc1. The molecule has 1 N–H and O–H groups in total. The van der Waals surface area contributed by atoms with Crippen molar-refractivity contribution in [2.45, 2.75) is 63.6 Å². The molecule has 0 radical (unpaired) electrons. The Morgan fingerprint density at radius 2 is 1.40 bits per heavy atom. The summed E-state index contributed by atoms with van der Waals surface area (Å²) in [6.07, 6.45) is 0.688. The smallest absolute Gasteiger partial charge is 0.261 e. The predicted octanol–water partition coefficient (Wildman–Crippen LogP) is 5.21. The third-order valence-corrected chi connectivity index (χ3v) is 12.0. The zero-order valence-corrected chi connectivity index (χ0v) is 22.3. The first-order valence-corrected chi connectivity index (χ1v) is 14.4. The van der Waals surface area contributed by atoms with Gasteiger partial charge in [0, 0.05) is 12.2 Å². The molecule has 35 heavy (non-hydrogen) atoms. The summed E-state index contributed by atoms with van der Waals surface area (Å²) in [5, 5.41) is 13.5. The molecule has 186 valence electrons. The lowest BCUT2D eigenvalue weighted by molar-refractivity contribution is -0.290. The summed E-state index contributed by atoms with van der Waals surface area (Å²) in [5.41, 5.74) is -0.0700. The minimum Gasteiger partial charge on any atom is -0.407 e. The average molecular weight is 491 g/mol. The lowest BCUT2D eigenvalue weighted by Crippen LogP contribution is -2.66. The van der Waals surface area contributed by atoms with Crippen LogP contribution >= 0.6 is 0 Å². The van der Waals surface area contributed by atoms with Crippen LogP contribution < -0.4 is 10.4 Å². The van der Waals surface area contributed by atoms with Crippen LogP contribution in [0.25, 0.3) is 0 Å². The van der Waals surface area contributed by atoms with Crippen LogP contribution in [0.5, 0.6) is 0 Å². The van der Waals surface area contributed by atoms with E-state index in [1.54, 1.807) is 6.92 Å². The molecule has 1 fully saturated rings. The molecule has 3 aromatic carbocycles. The van der Waals surface area contributed by atoms with Gasteiger partial charge in [-0.05, 0) is 35.2 Å². The molecule has 4 nitrogen and oxygen atoms in total. The fraction of sp³-hybridized carbons (Fsp3) is 0.400. The topological polar surface area (TPSA) is 47.9 Å². The van der Waals surface area contributed by atoms with E-state index in [1.165, 1.54) is 10.4 Å². The Labute approximate surface area is 211 Å². The Morgan fingerprint density at radius 3 is 1.91 bits per heavy atom. The van der Waals surface area contributed by atoms with Gasteiger partial charge in [-0.3, -0.25) is 0 Å². The summed E-state index contributed by atoms with van der Waals surface area (Å²) in [4.78, 5) is 0. The minimum atomic E-state index is -2.57. The van der Waals surface area contributed by atoms with E-state index in [9.17, 15) is 5.11 Å². The largest absolute Gasteiger partial charge is 0.407 e. The third kappa shape index (κ3) is 5.60. The van der Waals surface area contributed by atoms with Crippen molar-refractivity contribution in [2.75, 3.05) is 13.2 Å². The number of hydrogen-bond donors (Lipinski definition) is 1. The molecule has 1 aliphatic rings. The van der Waals surface area contributed by atoms with Crippen molar-refractivity contribution in [3.05, 3.63) is 96.6 Å². The van der Waals surface area contributed by atoms with Crippen LogP contribution in [0.15, 0.2) is 91.0 Å². The molecule has 1 heterocycles. The highest BCUT2D eigenvalue weighted by atomic mass is 28.4. The zero-order chi connectivity index (χ0) is 24.9. The molecule has 0 spiro atoms. The second-order valence-corrected chi connectivity index (χ2v) is 15.0. The van der Waals surface area contributed by atoms with E-state index in [2.05, 4.69) is 81.4 Å². The summed E-state index contributed by atoms with van der Waals surface area (Å²) in [6.45, 7) is 9.50. The van der Waals surface area contributed by atoms with Crippen LogP contribution in [-0.4, -0.2) is 38.3 Å². The van der Waals surface area contributed by atoms with Crippen LogP contribution in [0, 0.1) is 0 Å². The van der Waals surface area contributed by atoms with Gasteiger partial charge in [0.25, 0.3) is 8.32 Å². The van der Waals surface area contributed by atoms with Crippen LogP contribution in [0.3, 0.4) is 0 Å². The first-order valence-electron chi connectivity index (χ1n) is 12.5. The number of ether oxygens (including phenoxy) is 2. The highest BCUT2D eigenvalue weighted by Crippen LogP contribution is 2.37. The van der Waals surface area contributed by atoms with Gasteiger partial charge in [-0.2, -0.15) is 0 Å². The molecule has 0 aliphatic carbocycles. The molecule has 0 amide bonds. The Bertz CT molecular complexity index is 1010. The van der Waals surface area contributed by atoms with E-state index in [4.69, 9.17) is 13.9 Å². The van der Waals surface area contributed by atoms with Gasteiger partial charge in [-0.1, -0.05) is 112 Å². The maximum atomic E-state index is 11.0. The highest BCUT2D eigenvalue weighted by molar-refractivity contribution is 6.99. The first-order chi connectivity index (χ1) is 16.7. The van der Waals surface area contributed by atoms with Gasteiger partial charge in [-0.25, -0.2) is 0 Å². The van der Waals surface area contributed by atoms with Crippen LogP contribution in [0.1, 0.15) is 52.4 Å². The monoisotopic (exact) mass is 490 g/mol. The molecule has 4 rings (SSSR count). The fourth-order valence-corrected chi connectivity index (χ4v) is 9.70. The first kappa shape index (κ1) is 25.8. The Kier molecular flexibility index (Phi) is 7.94. The van der Waals surface area contributed by atoms with E-state index < -0.39 is 20.2 Å². The van der Waals surface area contributed by atoms with Gasteiger partial charge < -0.3 is 19.0 Å². The predicted molar refractivity (Wildman–Crippen MR) is 143 cm³/mol. The Hall–Kier alpha value is -2.28. The molecule has 0 saturated carbocycles. The zero-order valence-electron chi connectivity index (χ0n) is 21.3. The van der Waals surface area contributed by atoms with Crippen molar-refractivity contribution in [3.8, 4) is 0 Å². The summed E-state index contributed by atoms with van der Waals surface area (Å²) < 4.78 is 19.1. The van der Waals surface area contributed by atoms with Crippen molar-refractivity contribution in [1.29, 1.82) is 0 Å². The summed E-state index contributed by atoms with van der Waals surface area (Å²) in [5.74, 6) is 0. The lowest BCUT2D eigenvalue weighted by atomic mass is 9.95. The molecular formula is C30H38O4Si. The third-order valence-electron chi connectivity index (χ3n) is 6.93.